The highest BCUT2D eigenvalue weighted by Gasteiger charge is 2.17. The van der Waals surface area contributed by atoms with E-state index in [9.17, 15) is 5.11 Å². The van der Waals surface area contributed by atoms with Crippen LogP contribution in [0.25, 0.3) is 21.5 Å². The summed E-state index contributed by atoms with van der Waals surface area (Å²) in [5, 5.41) is 26.3. The Hall–Kier alpha value is -6.40. The van der Waals surface area contributed by atoms with Crippen LogP contribution in [0.5, 0.6) is 17.2 Å². The van der Waals surface area contributed by atoms with Crippen LogP contribution in [-0.4, -0.2) is 12.1 Å². The molecule has 0 heterocycles. The summed E-state index contributed by atoms with van der Waals surface area (Å²) >= 11 is 0. The van der Waals surface area contributed by atoms with E-state index in [0.29, 0.717) is 17.2 Å². The lowest BCUT2D eigenvalue weighted by Gasteiger charge is -2.20. The molecule has 7 rings (SSSR count). The monoisotopic (exact) mass is 641 g/mol. The number of ether oxygens (including phenoxy) is 3. The molecular weight excluding hydrogens is 608 g/mol. The van der Waals surface area contributed by atoms with Gasteiger partial charge < -0.3 is 19.3 Å². The zero-order valence-electron chi connectivity index (χ0n) is 26.7. The van der Waals surface area contributed by atoms with Crippen molar-refractivity contribution in [1.82, 2.24) is 0 Å². The van der Waals surface area contributed by atoms with Crippen LogP contribution in [0.3, 0.4) is 0 Å². The van der Waals surface area contributed by atoms with Crippen molar-refractivity contribution in [3.8, 4) is 17.2 Å². The van der Waals surface area contributed by atoms with E-state index in [-0.39, 0.29) is 25.4 Å². The fourth-order valence-electron chi connectivity index (χ4n) is 5.64. The Morgan fingerprint density at radius 2 is 0.939 bits per heavy atom. The maximum atomic E-state index is 13.7. The molecule has 0 unspecified atom stereocenters. The SMILES string of the molecule is [O-]/C(=N\N=C\c1c2ccccc2cc2ccccc12)c1cc(OCc2ccccc2)c(OCc2ccccc2)c(OCc2ccccc2)c1. The molecule has 6 heteroatoms. The number of fused-ring (bicyclic) bond motifs is 2. The molecule has 0 saturated heterocycles. The largest absolute Gasteiger partial charge is 0.857 e. The third-order valence-electron chi connectivity index (χ3n) is 8.12. The predicted octanol–water partition coefficient (Wildman–Crippen LogP) is 8.87. The van der Waals surface area contributed by atoms with Crippen LogP contribution in [0, 0.1) is 0 Å². The molecular formula is C43H33N2O4-. The topological polar surface area (TPSA) is 75.5 Å². The molecule has 6 nitrogen and oxygen atoms in total. The van der Waals surface area contributed by atoms with Gasteiger partial charge in [-0.25, -0.2) is 0 Å². The highest BCUT2D eigenvalue weighted by Crippen LogP contribution is 2.40. The predicted molar refractivity (Wildman–Crippen MR) is 194 cm³/mol. The molecule has 0 saturated carbocycles. The standard InChI is InChI=1S/C43H34N2O4/c46-43(45-44-27-39-37-22-12-10-20-34(37)24-35-21-11-13-23-38(35)39)36-25-40(47-28-31-14-4-1-5-15-31)42(49-30-33-18-8-3-9-19-33)41(26-36)48-29-32-16-6-2-7-17-32/h1-27H,28-30H2,(H,45,46)/p-1/b44-27+. The molecule has 7 aromatic rings. The minimum atomic E-state index is -0.537. The number of nitrogens with zero attached hydrogens (tertiary/aromatic N) is 2. The van der Waals surface area contributed by atoms with Gasteiger partial charge in [0.25, 0.3) is 0 Å². The molecule has 0 aliphatic rings. The van der Waals surface area contributed by atoms with Crippen LogP contribution in [0.4, 0.5) is 0 Å². The lowest BCUT2D eigenvalue weighted by molar-refractivity contribution is -0.213. The third-order valence-corrected chi connectivity index (χ3v) is 8.12. The van der Waals surface area contributed by atoms with Crippen molar-refractivity contribution in [3.05, 3.63) is 186 Å². The second-order valence-electron chi connectivity index (χ2n) is 11.5. The lowest BCUT2D eigenvalue weighted by atomic mass is 9.97. The Kier molecular flexibility index (Phi) is 9.56. The molecule has 0 bridgehead atoms. The second kappa shape index (κ2) is 15.0. The average Bonchev–Trinajstić information content (AvgIpc) is 3.16. The highest BCUT2D eigenvalue weighted by molar-refractivity contribution is 6.13. The summed E-state index contributed by atoms with van der Waals surface area (Å²) in [6.45, 7) is 0.814. The van der Waals surface area contributed by atoms with Crippen molar-refractivity contribution in [2.75, 3.05) is 0 Å². The van der Waals surface area contributed by atoms with Gasteiger partial charge in [0, 0.05) is 11.5 Å². The number of hydrogen-bond acceptors (Lipinski definition) is 6. The normalized spacial score (nSPS) is 11.6. The summed E-state index contributed by atoms with van der Waals surface area (Å²) in [4.78, 5) is 0. The number of rotatable bonds is 12. The van der Waals surface area contributed by atoms with E-state index in [1.165, 1.54) is 0 Å². The van der Waals surface area contributed by atoms with E-state index in [2.05, 4.69) is 28.4 Å². The maximum Gasteiger partial charge on any atom is 0.203 e. The van der Waals surface area contributed by atoms with Crippen molar-refractivity contribution in [1.29, 1.82) is 0 Å². The lowest BCUT2D eigenvalue weighted by Crippen LogP contribution is -2.19. The minimum Gasteiger partial charge on any atom is -0.857 e. The molecule has 7 aromatic carbocycles. The Bertz CT molecular complexity index is 2120. The summed E-state index contributed by atoms with van der Waals surface area (Å²) < 4.78 is 19.0. The fourth-order valence-corrected chi connectivity index (χ4v) is 5.64. The van der Waals surface area contributed by atoms with Crippen molar-refractivity contribution < 1.29 is 19.3 Å². The third kappa shape index (κ3) is 7.61. The zero-order valence-corrected chi connectivity index (χ0v) is 26.7. The number of hydrogen-bond donors (Lipinski definition) is 0. The molecule has 0 spiro atoms. The van der Waals surface area contributed by atoms with Crippen LogP contribution in [0.1, 0.15) is 27.8 Å². The molecule has 49 heavy (non-hydrogen) atoms. The first kappa shape index (κ1) is 31.2. The van der Waals surface area contributed by atoms with Gasteiger partial charge in [-0.1, -0.05) is 140 Å². The van der Waals surface area contributed by atoms with Crippen molar-refractivity contribution >= 4 is 33.7 Å². The Morgan fingerprint density at radius 1 is 0.510 bits per heavy atom. The molecule has 0 fully saturated rings. The Morgan fingerprint density at radius 3 is 1.43 bits per heavy atom. The van der Waals surface area contributed by atoms with Gasteiger partial charge in [0.15, 0.2) is 11.5 Å². The molecule has 0 N–H and O–H groups in total. The summed E-state index contributed by atoms with van der Waals surface area (Å²) in [6.07, 6.45) is 1.65. The summed E-state index contributed by atoms with van der Waals surface area (Å²) in [7, 11) is 0. The number of benzene rings is 7. The van der Waals surface area contributed by atoms with Crippen molar-refractivity contribution in [3.63, 3.8) is 0 Å². The van der Waals surface area contributed by atoms with Crippen LogP contribution < -0.4 is 19.3 Å². The van der Waals surface area contributed by atoms with Gasteiger partial charge in [0.1, 0.15) is 19.8 Å². The van der Waals surface area contributed by atoms with E-state index in [1.807, 2.05) is 127 Å². The Labute approximate surface area is 285 Å². The van der Waals surface area contributed by atoms with Gasteiger partial charge in [0.05, 0.1) is 6.21 Å². The summed E-state index contributed by atoms with van der Waals surface area (Å²) in [5.74, 6) is 0.600. The van der Waals surface area contributed by atoms with E-state index in [0.717, 1.165) is 43.8 Å². The molecule has 0 amide bonds. The minimum absolute atomic E-state index is 0.262. The maximum absolute atomic E-state index is 13.7. The first-order valence-electron chi connectivity index (χ1n) is 16.1. The second-order valence-corrected chi connectivity index (χ2v) is 11.5. The first-order chi connectivity index (χ1) is 24.2. The zero-order chi connectivity index (χ0) is 33.3. The van der Waals surface area contributed by atoms with Crippen LogP contribution in [-0.2, 0) is 19.8 Å². The van der Waals surface area contributed by atoms with Crippen LogP contribution in [0.2, 0.25) is 0 Å². The Balaban J connectivity index is 1.26. The summed E-state index contributed by atoms with van der Waals surface area (Å²) in [6, 6.07) is 51.2. The van der Waals surface area contributed by atoms with Gasteiger partial charge in [-0.15, -0.1) is 0 Å². The molecule has 0 aliphatic carbocycles. The van der Waals surface area contributed by atoms with Gasteiger partial charge in [0.2, 0.25) is 5.75 Å². The van der Waals surface area contributed by atoms with Gasteiger partial charge >= 0.3 is 0 Å². The molecule has 0 aliphatic heterocycles. The molecule has 0 radical (unpaired) electrons. The fraction of sp³-hybridized carbons (Fsp3) is 0.0698. The highest BCUT2D eigenvalue weighted by atomic mass is 16.5. The van der Waals surface area contributed by atoms with Crippen LogP contribution >= 0.6 is 0 Å². The molecule has 240 valence electrons. The van der Waals surface area contributed by atoms with Crippen molar-refractivity contribution in [2.45, 2.75) is 19.8 Å². The molecule has 0 atom stereocenters. The van der Waals surface area contributed by atoms with Gasteiger partial charge in [-0.05, 0) is 62.0 Å². The van der Waals surface area contributed by atoms with Gasteiger partial charge in [-0.3, -0.25) is 0 Å². The quantitative estimate of drug-likeness (QED) is 0.0578. The smallest absolute Gasteiger partial charge is 0.203 e. The van der Waals surface area contributed by atoms with E-state index >= 15 is 0 Å². The van der Waals surface area contributed by atoms with Gasteiger partial charge in [-0.2, -0.15) is 10.2 Å². The van der Waals surface area contributed by atoms with Crippen molar-refractivity contribution in [2.24, 2.45) is 10.2 Å². The summed E-state index contributed by atoms with van der Waals surface area (Å²) in [5.41, 5.74) is 4.08. The average molecular weight is 642 g/mol. The first-order valence-corrected chi connectivity index (χ1v) is 16.1. The van der Waals surface area contributed by atoms with E-state index < -0.39 is 5.90 Å². The van der Waals surface area contributed by atoms with E-state index in [4.69, 9.17) is 14.2 Å². The van der Waals surface area contributed by atoms with E-state index in [1.54, 1.807) is 18.3 Å². The van der Waals surface area contributed by atoms with Crippen LogP contribution in [0.15, 0.2) is 168 Å². The molecule has 0 aromatic heterocycles.